The maximum Gasteiger partial charge on any atom is 0.392 e. The van der Waals surface area contributed by atoms with Crippen LogP contribution in [0.15, 0.2) is 36.4 Å². The molecular formula is C13H14F3NO2. The third kappa shape index (κ3) is 7.13. The van der Waals surface area contributed by atoms with Crippen molar-refractivity contribution in [3.8, 4) is 5.75 Å². The van der Waals surface area contributed by atoms with E-state index in [9.17, 15) is 18.0 Å². The summed E-state index contributed by atoms with van der Waals surface area (Å²) < 4.78 is 40.8. The van der Waals surface area contributed by atoms with Crippen molar-refractivity contribution in [2.75, 3.05) is 11.9 Å². The Hall–Kier alpha value is -1.98. The molecule has 0 aliphatic carbocycles. The van der Waals surface area contributed by atoms with Gasteiger partial charge < -0.3 is 10.1 Å². The minimum Gasteiger partial charge on any atom is -0.489 e. The Morgan fingerprint density at radius 1 is 1.37 bits per heavy atom. The predicted octanol–water partition coefficient (Wildman–Crippen LogP) is 3.53. The molecule has 0 bridgehead atoms. The van der Waals surface area contributed by atoms with Gasteiger partial charge in [0.2, 0.25) is 5.91 Å². The number of rotatable bonds is 5. The zero-order chi connectivity index (χ0) is 14.3. The Bertz CT molecular complexity index is 455. The number of allylic oxidation sites excluding steroid dienone is 1. The summed E-state index contributed by atoms with van der Waals surface area (Å²) in [6.45, 7) is 1.42. The highest BCUT2D eigenvalue weighted by atomic mass is 19.4. The first kappa shape index (κ1) is 15.1. The van der Waals surface area contributed by atoms with Crippen molar-refractivity contribution in [3.05, 3.63) is 36.4 Å². The number of alkyl halides is 3. The molecule has 104 valence electrons. The molecule has 0 saturated heterocycles. The highest BCUT2D eigenvalue weighted by Crippen LogP contribution is 2.20. The quantitative estimate of drug-likeness (QED) is 0.833. The Kier molecular flexibility index (Phi) is 5.41. The summed E-state index contributed by atoms with van der Waals surface area (Å²) in [7, 11) is 0. The van der Waals surface area contributed by atoms with Crippen LogP contribution in [-0.4, -0.2) is 18.7 Å². The summed E-state index contributed by atoms with van der Waals surface area (Å²) in [5, 5.41) is 2.58. The molecule has 1 aromatic rings. The number of ether oxygens (including phenoxy) is 1. The molecule has 19 heavy (non-hydrogen) atoms. The molecule has 1 aromatic carbocycles. The first-order chi connectivity index (χ1) is 8.87. The highest BCUT2D eigenvalue weighted by Gasteiger charge is 2.24. The maximum atomic E-state index is 11.8. The third-order valence-corrected chi connectivity index (χ3v) is 2.02. The summed E-state index contributed by atoms with van der Waals surface area (Å²) >= 11 is 0. The molecule has 0 aromatic heterocycles. The first-order valence-corrected chi connectivity index (χ1v) is 5.59. The molecular weight excluding hydrogens is 259 g/mol. The van der Waals surface area contributed by atoms with Crippen molar-refractivity contribution >= 4 is 11.6 Å². The Morgan fingerprint density at radius 2 is 2.11 bits per heavy atom. The molecule has 0 aliphatic rings. The van der Waals surface area contributed by atoms with E-state index in [4.69, 9.17) is 4.74 Å². The third-order valence-electron chi connectivity index (χ3n) is 2.02. The van der Waals surface area contributed by atoms with Crippen molar-refractivity contribution in [1.29, 1.82) is 0 Å². The van der Waals surface area contributed by atoms with Gasteiger partial charge in [-0.3, -0.25) is 4.79 Å². The highest BCUT2D eigenvalue weighted by molar-refractivity contribution is 5.88. The summed E-state index contributed by atoms with van der Waals surface area (Å²) in [5.41, 5.74) is 0.573. The second-order valence-electron chi connectivity index (χ2n) is 3.81. The van der Waals surface area contributed by atoms with Crippen LogP contribution in [0.2, 0.25) is 0 Å². The SMILES string of the molecule is CC(=O)Nc1cccc(OC/C=C/CC(F)(F)F)c1. The minimum atomic E-state index is -4.19. The van der Waals surface area contributed by atoms with Crippen LogP contribution in [0.4, 0.5) is 18.9 Å². The smallest absolute Gasteiger partial charge is 0.392 e. The number of hydrogen-bond acceptors (Lipinski definition) is 2. The number of anilines is 1. The Labute approximate surface area is 109 Å². The van der Waals surface area contributed by atoms with Gasteiger partial charge in [-0.05, 0) is 12.1 Å². The van der Waals surface area contributed by atoms with E-state index in [1.165, 1.54) is 13.0 Å². The van der Waals surface area contributed by atoms with Crippen molar-refractivity contribution in [2.45, 2.75) is 19.5 Å². The standard InChI is InChI=1S/C13H14F3NO2/c1-10(18)17-11-5-4-6-12(9-11)19-8-3-2-7-13(14,15)16/h2-6,9H,7-8H2,1H3,(H,17,18)/b3-2+. The van der Waals surface area contributed by atoms with E-state index in [0.717, 1.165) is 6.08 Å². The minimum absolute atomic E-state index is 0.0413. The lowest BCUT2D eigenvalue weighted by Gasteiger charge is -2.06. The predicted molar refractivity (Wildman–Crippen MR) is 66.1 cm³/mol. The van der Waals surface area contributed by atoms with E-state index >= 15 is 0 Å². The van der Waals surface area contributed by atoms with E-state index in [0.29, 0.717) is 11.4 Å². The van der Waals surface area contributed by atoms with Crippen LogP contribution in [0.3, 0.4) is 0 Å². The second kappa shape index (κ2) is 6.82. The Balaban J connectivity index is 2.43. The van der Waals surface area contributed by atoms with Crippen LogP contribution in [-0.2, 0) is 4.79 Å². The van der Waals surface area contributed by atoms with Crippen molar-refractivity contribution in [1.82, 2.24) is 0 Å². The van der Waals surface area contributed by atoms with E-state index < -0.39 is 12.6 Å². The molecule has 0 spiro atoms. The summed E-state index contributed by atoms with van der Waals surface area (Å²) in [6.07, 6.45) is -2.85. The molecule has 1 N–H and O–H groups in total. The fourth-order valence-corrected chi connectivity index (χ4v) is 1.30. The maximum absolute atomic E-state index is 11.8. The van der Waals surface area contributed by atoms with Crippen molar-refractivity contribution < 1.29 is 22.7 Å². The molecule has 0 aliphatic heterocycles. The molecule has 0 unspecified atom stereocenters. The van der Waals surface area contributed by atoms with Gasteiger partial charge in [-0.25, -0.2) is 0 Å². The van der Waals surface area contributed by atoms with Gasteiger partial charge in [-0.1, -0.05) is 18.2 Å². The first-order valence-electron chi connectivity index (χ1n) is 5.59. The van der Waals surface area contributed by atoms with Gasteiger partial charge in [0, 0.05) is 18.7 Å². The number of hydrogen-bond donors (Lipinski definition) is 1. The molecule has 0 heterocycles. The van der Waals surface area contributed by atoms with E-state index in [1.54, 1.807) is 24.3 Å². The van der Waals surface area contributed by atoms with E-state index in [2.05, 4.69) is 5.32 Å². The lowest BCUT2D eigenvalue weighted by atomic mass is 10.3. The lowest BCUT2D eigenvalue weighted by molar-refractivity contribution is -0.125. The van der Waals surface area contributed by atoms with Crippen LogP contribution in [0, 0.1) is 0 Å². The number of nitrogens with one attached hydrogen (secondary N) is 1. The molecule has 0 atom stereocenters. The van der Waals surface area contributed by atoms with Crippen LogP contribution in [0.25, 0.3) is 0 Å². The molecule has 1 rings (SSSR count). The number of amides is 1. The molecule has 6 heteroatoms. The van der Waals surface area contributed by atoms with Crippen LogP contribution < -0.4 is 10.1 Å². The average molecular weight is 273 g/mol. The fraction of sp³-hybridized carbons (Fsp3) is 0.308. The molecule has 1 amide bonds. The van der Waals surface area contributed by atoms with Gasteiger partial charge in [0.05, 0.1) is 6.42 Å². The number of carbonyl (C=O) groups excluding carboxylic acids is 1. The molecule has 0 radical (unpaired) electrons. The number of halogens is 3. The fourth-order valence-electron chi connectivity index (χ4n) is 1.30. The molecule has 0 saturated carbocycles. The number of benzene rings is 1. The zero-order valence-electron chi connectivity index (χ0n) is 10.3. The van der Waals surface area contributed by atoms with Crippen molar-refractivity contribution in [3.63, 3.8) is 0 Å². The number of carbonyl (C=O) groups is 1. The van der Waals surface area contributed by atoms with Crippen LogP contribution in [0.1, 0.15) is 13.3 Å². The summed E-state index contributed by atoms with van der Waals surface area (Å²) in [5.74, 6) is 0.269. The van der Waals surface area contributed by atoms with Gasteiger partial charge in [0.15, 0.2) is 0 Å². The van der Waals surface area contributed by atoms with Crippen LogP contribution >= 0.6 is 0 Å². The van der Waals surface area contributed by atoms with E-state index in [-0.39, 0.29) is 12.5 Å². The van der Waals surface area contributed by atoms with Gasteiger partial charge in [0.25, 0.3) is 0 Å². The van der Waals surface area contributed by atoms with Crippen molar-refractivity contribution in [2.24, 2.45) is 0 Å². The van der Waals surface area contributed by atoms with Gasteiger partial charge in [-0.15, -0.1) is 0 Å². The summed E-state index contributed by atoms with van der Waals surface area (Å²) in [4.78, 5) is 10.8. The zero-order valence-corrected chi connectivity index (χ0v) is 10.3. The van der Waals surface area contributed by atoms with Gasteiger partial charge in [0.1, 0.15) is 12.4 Å². The van der Waals surface area contributed by atoms with Gasteiger partial charge in [-0.2, -0.15) is 13.2 Å². The topological polar surface area (TPSA) is 38.3 Å². The average Bonchev–Trinajstić information content (AvgIpc) is 2.26. The monoisotopic (exact) mass is 273 g/mol. The molecule has 0 fully saturated rings. The normalized spacial score (nSPS) is 11.6. The van der Waals surface area contributed by atoms with Crippen LogP contribution in [0.5, 0.6) is 5.75 Å². The van der Waals surface area contributed by atoms with Gasteiger partial charge >= 0.3 is 6.18 Å². The summed E-state index contributed by atoms with van der Waals surface area (Å²) in [6, 6.07) is 6.62. The van der Waals surface area contributed by atoms with E-state index in [1.807, 2.05) is 0 Å². The Morgan fingerprint density at radius 3 is 2.74 bits per heavy atom. The lowest BCUT2D eigenvalue weighted by Crippen LogP contribution is -2.06. The largest absolute Gasteiger partial charge is 0.489 e. The molecule has 3 nitrogen and oxygen atoms in total. The second-order valence-corrected chi connectivity index (χ2v) is 3.81.